The predicted molar refractivity (Wildman–Crippen MR) is 210 cm³/mol. The summed E-state index contributed by atoms with van der Waals surface area (Å²) in [6.45, 7) is 10.7. The molecule has 0 saturated carbocycles. The average Bonchev–Trinajstić information content (AvgIpc) is 3.14. The number of fused-ring (bicyclic) bond motifs is 2. The van der Waals surface area contributed by atoms with Crippen molar-refractivity contribution in [3.8, 4) is 44.5 Å². The summed E-state index contributed by atoms with van der Waals surface area (Å²) in [4.78, 5) is 0. The van der Waals surface area contributed by atoms with E-state index >= 15 is 0 Å². The summed E-state index contributed by atoms with van der Waals surface area (Å²) in [5.41, 5.74) is 12.9. The first-order valence-electron chi connectivity index (χ1n) is 16.6. The van der Waals surface area contributed by atoms with Crippen molar-refractivity contribution in [3.63, 3.8) is 0 Å². The Labute approximate surface area is 284 Å². The Morgan fingerprint density at radius 2 is 0.938 bits per heavy atom. The predicted octanol–water partition coefficient (Wildman–Crippen LogP) is 13.8. The topological polar surface area (TPSA) is 0 Å². The molecule has 0 bridgehead atoms. The van der Waals surface area contributed by atoms with Gasteiger partial charge in [0.1, 0.15) is 0 Å². The van der Waals surface area contributed by atoms with Gasteiger partial charge in [-0.2, -0.15) is 0 Å². The quantitative estimate of drug-likeness (QED) is 0.112. The largest absolute Gasteiger partial charge is 0.0955 e. The van der Waals surface area contributed by atoms with Crippen LogP contribution in [-0.2, 0) is 0 Å². The van der Waals surface area contributed by atoms with E-state index < -0.39 is 0 Å². The summed E-state index contributed by atoms with van der Waals surface area (Å²) in [5.74, 6) is 0. The molecule has 7 aromatic carbocycles. The van der Waals surface area contributed by atoms with Crippen molar-refractivity contribution < 1.29 is 0 Å². The number of hydrogen-bond acceptors (Lipinski definition) is 0. The van der Waals surface area contributed by atoms with Crippen LogP contribution < -0.4 is 0 Å². The summed E-state index contributed by atoms with van der Waals surface area (Å²) >= 11 is 0. The van der Waals surface area contributed by atoms with Gasteiger partial charge >= 0.3 is 0 Å². The summed E-state index contributed by atoms with van der Waals surface area (Å²) in [5, 5.41) is 4.89. The molecule has 0 spiro atoms. The first-order valence-corrected chi connectivity index (χ1v) is 16.6. The third-order valence-electron chi connectivity index (χ3n) is 9.06. The van der Waals surface area contributed by atoms with Crippen LogP contribution in [0, 0.1) is 0 Å². The zero-order chi connectivity index (χ0) is 32.9. The minimum Gasteiger partial charge on any atom is -0.0955 e. The van der Waals surface area contributed by atoms with E-state index in [2.05, 4.69) is 183 Å². The zero-order valence-electron chi connectivity index (χ0n) is 27.4. The van der Waals surface area contributed by atoms with Gasteiger partial charge in [-0.25, -0.2) is 0 Å². The molecular weight excluding hydrogens is 577 g/mol. The molecule has 7 rings (SSSR count). The molecule has 0 atom stereocenters. The molecule has 0 aliphatic carbocycles. The van der Waals surface area contributed by atoms with Crippen molar-refractivity contribution in [2.75, 3.05) is 0 Å². The summed E-state index contributed by atoms with van der Waals surface area (Å²) < 4.78 is 0. The van der Waals surface area contributed by atoms with E-state index in [1.807, 2.05) is 13.0 Å². The van der Waals surface area contributed by atoms with Crippen molar-refractivity contribution in [1.82, 2.24) is 0 Å². The van der Waals surface area contributed by atoms with Gasteiger partial charge in [0.25, 0.3) is 0 Å². The third kappa shape index (κ3) is 5.97. The fraction of sp³-hybridized carbons (Fsp3) is 0.0417. The van der Waals surface area contributed by atoms with Gasteiger partial charge in [0.15, 0.2) is 0 Å². The first kappa shape index (κ1) is 30.7. The molecule has 0 N–H and O–H groups in total. The molecule has 0 radical (unpaired) electrons. The van der Waals surface area contributed by atoms with Gasteiger partial charge in [-0.3, -0.25) is 0 Å². The highest BCUT2D eigenvalue weighted by molar-refractivity contribution is 6.23. The Balaban J connectivity index is 1.55. The molecule has 0 aliphatic rings. The van der Waals surface area contributed by atoms with Gasteiger partial charge in [0, 0.05) is 0 Å². The van der Waals surface area contributed by atoms with Crippen LogP contribution in [0.3, 0.4) is 0 Å². The minimum absolute atomic E-state index is 0.789. The van der Waals surface area contributed by atoms with Gasteiger partial charge < -0.3 is 0 Å². The molecule has 0 heteroatoms. The number of benzene rings is 7. The fourth-order valence-electron chi connectivity index (χ4n) is 6.85. The second-order valence-electron chi connectivity index (χ2n) is 12.2. The van der Waals surface area contributed by atoms with Gasteiger partial charge in [-0.05, 0) is 96.6 Å². The second kappa shape index (κ2) is 13.8. The van der Waals surface area contributed by atoms with Crippen LogP contribution in [0.25, 0.3) is 71.6 Å². The van der Waals surface area contributed by atoms with Crippen LogP contribution in [0.1, 0.15) is 18.9 Å². The van der Waals surface area contributed by atoms with Gasteiger partial charge in [0.2, 0.25) is 0 Å². The molecule has 7 aromatic rings. The van der Waals surface area contributed by atoms with E-state index in [0.29, 0.717) is 0 Å². The van der Waals surface area contributed by atoms with Crippen molar-refractivity contribution in [2.45, 2.75) is 13.3 Å². The fourth-order valence-corrected chi connectivity index (χ4v) is 6.85. The lowest BCUT2D eigenvalue weighted by molar-refractivity contribution is 1.30. The van der Waals surface area contributed by atoms with Crippen LogP contribution >= 0.6 is 0 Å². The summed E-state index contributed by atoms with van der Waals surface area (Å²) in [6, 6.07) is 54.8. The Hall–Kier alpha value is -5.98. The monoisotopic (exact) mass is 614 g/mol. The number of hydrogen-bond donors (Lipinski definition) is 0. The van der Waals surface area contributed by atoms with Crippen LogP contribution in [0.5, 0.6) is 0 Å². The summed E-state index contributed by atoms with van der Waals surface area (Å²) in [7, 11) is 0. The number of allylic oxidation sites excluding steroid dienone is 6. The lowest BCUT2D eigenvalue weighted by Crippen LogP contribution is -1.95. The van der Waals surface area contributed by atoms with E-state index in [0.717, 1.165) is 23.1 Å². The average molecular weight is 615 g/mol. The van der Waals surface area contributed by atoms with Gasteiger partial charge in [0.05, 0.1) is 0 Å². The SMILES string of the molecule is C=C(/C=C\C)C/C=C\C(=C)c1ccc2c(-c3ccccc3-c3ccccc3)c3ccccc3c(-c3ccccc3-c3ccccc3)c2c1. The van der Waals surface area contributed by atoms with Crippen molar-refractivity contribution in [3.05, 3.63) is 200 Å². The van der Waals surface area contributed by atoms with Crippen molar-refractivity contribution in [2.24, 2.45) is 0 Å². The highest BCUT2D eigenvalue weighted by atomic mass is 14.2. The molecule has 0 nitrogen and oxygen atoms in total. The molecule has 48 heavy (non-hydrogen) atoms. The Morgan fingerprint density at radius 1 is 0.479 bits per heavy atom. The lowest BCUT2D eigenvalue weighted by Gasteiger charge is -2.21. The molecule has 0 heterocycles. The van der Waals surface area contributed by atoms with Crippen LogP contribution in [0.4, 0.5) is 0 Å². The highest BCUT2D eigenvalue weighted by Crippen LogP contribution is 2.48. The molecular formula is C48H38. The molecule has 230 valence electrons. The molecule has 0 aromatic heterocycles. The van der Waals surface area contributed by atoms with E-state index in [1.165, 1.54) is 66.1 Å². The molecule has 0 amide bonds. The van der Waals surface area contributed by atoms with Crippen molar-refractivity contribution in [1.29, 1.82) is 0 Å². The Bertz CT molecular complexity index is 2330. The maximum Gasteiger partial charge on any atom is -0.00199 e. The van der Waals surface area contributed by atoms with Gasteiger partial charge in [-0.1, -0.05) is 189 Å². The molecule has 0 aliphatic heterocycles. The van der Waals surface area contributed by atoms with E-state index in [9.17, 15) is 0 Å². The molecule has 0 saturated heterocycles. The van der Waals surface area contributed by atoms with Crippen LogP contribution in [0.15, 0.2) is 195 Å². The smallest absolute Gasteiger partial charge is 0.00199 e. The maximum atomic E-state index is 4.50. The maximum absolute atomic E-state index is 4.50. The summed E-state index contributed by atoms with van der Waals surface area (Å²) in [6.07, 6.45) is 9.15. The van der Waals surface area contributed by atoms with Crippen molar-refractivity contribution >= 4 is 27.1 Å². The van der Waals surface area contributed by atoms with Crippen LogP contribution in [0.2, 0.25) is 0 Å². The normalized spacial score (nSPS) is 11.5. The number of rotatable bonds is 9. The van der Waals surface area contributed by atoms with E-state index in [-0.39, 0.29) is 0 Å². The van der Waals surface area contributed by atoms with Gasteiger partial charge in [-0.15, -0.1) is 0 Å². The van der Waals surface area contributed by atoms with E-state index in [4.69, 9.17) is 0 Å². The Kier molecular flexibility index (Phi) is 8.81. The second-order valence-corrected chi connectivity index (χ2v) is 12.2. The molecule has 0 unspecified atom stereocenters. The Morgan fingerprint density at radius 3 is 1.48 bits per heavy atom. The molecule has 0 fully saturated rings. The highest BCUT2D eigenvalue weighted by Gasteiger charge is 2.21. The zero-order valence-corrected chi connectivity index (χ0v) is 27.4. The standard InChI is InChI=1S/C48H38/c1-4-18-34(2)19-17-20-35(3)38-31-32-45-46(33-38)48(42-28-14-12-26-40(42)37-23-9-6-10-24-37)44-30-16-15-29-43(44)47(45)41-27-13-11-25-39(41)36-21-7-5-8-22-36/h4-18,20-33H,2-3,19H2,1H3/b18-4-,20-17-. The van der Waals surface area contributed by atoms with Crippen LogP contribution in [-0.4, -0.2) is 0 Å². The third-order valence-corrected chi connectivity index (χ3v) is 9.06. The van der Waals surface area contributed by atoms with E-state index in [1.54, 1.807) is 0 Å². The first-order chi connectivity index (χ1) is 23.6. The minimum atomic E-state index is 0.789. The lowest BCUT2D eigenvalue weighted by atomic mass is 9.81.